The standard InChI is InChI=1S/C21H20N2O7S/c1-12(2)11-29-19(24)10-22-20(25)18(31-21(22)26)9-15-6-7-17(30-15)14-5-4-13(3)16(8-14)23(27)28/h4-9,12H,10-11H2,1-3H3/b18-9+. The Kier molecular flexibility index (Phi) is 6.59. The number of hydrogen-bond acceptors (Lipinski definition) is 8. The number of nitro groups is 1. The number of nitro benzene ring substituents is 1. The monoisotopic (exact) mass is 444 g/mol. The quantitative estimate of drug-likeness (QED) is 0.267. The molecule has 1 aliphatic heterocycles. The van der Waals surface area contributed by atoms with Crippen molar-refractivity contribution in [3.05, 3.63) is 56.7 Å². The summed E-state index contributed by atoms with van der Waals surface area (Å²) in [4.78, 5) is 48.1. The predicted octanol–water partition coefficient (Wildman–Crippen LogP) is 4.40. The number of thioether (sulfide) groups is 1. The number of carbonyl (C=O) groups excluding carboxylic acids is 3. The molecule has 162 valence electrons. The molecular weight excluding hydrogens is 424 g/mol. The molecule has 9 nitrogen and oxygen atoms in total. The summed E-state index contributed by atoms with van der Waals surface area (Å²) in [5, 5.41) is 10.6. The molecule has 0 saturated carbocycles. The van der Waals surface area contributed by atoms with E-state index < -0.39 is 28.6 Å². The van der Waals surface area contributed by atoms with Crippen LogP contribution < -0.4 is 0 Å². The van der Waals surface area contributed by atoms with Gasteiger partial charge in [-0.3, -0.25) is 29.4 Å². The van der Waals surface area contributed by atoms with Gasteiger partial charge in [-0.2, -0.15) is 0 Å². The highest BCUT2D eigenvalue weighted by Crippen LogP contribution is 2.34. The third-order valence-corrected chi connectivity index (χ3v) is 5.24. The zero-order chi connectivity index (χ0) is 22.7. The van der Waals surface area contributed by atoms with E-state index >= 15 is 0 Å². The lowest BCUT2D eigenvalue weighted by Gasteiger charge is -2.12. The van der Waals surface area contributed by atoms with Gasteiger partial charge in [-0.1, -0.05) is 26.0 Å². The topological polar surface area (TPSA) is 120 Å². The molecule has 2 aromatic rings. The van der Waals surface area contributed by atoms with Gasteiger partial charge in [0.2, 0.25) is 0 Å². The van der Waals surface area contributed by atoms with E-state index in [1.807, 2.05) is 13.8 Å². The number of hydrogen-bond donors (Lipinski definition) is 0. The van der Waals surface area contributed by atoms with E-state index in [0.29, 0.717) is 34.4 Å². The molecule has 0 aliphatic carbocycles. The van der Waals surface area contributed by atoms with Crippen molar-refractivity contribution in [1.29, 1.82) is 0 Å². The average Bonchev–Trinajstić information content (AvgIpc) is 3.27. The molecule has 0 radical (unpaired) electrons. The molecule has 10 heteroatoms. The van der Waals surface area contributed by atoms with Gasteiger partial charge in [0, 0.05) is 23.3 Å². The van der Waals surface area contributed by atoms with Crippen molar-refractivity contribution in [2.75, 3.05) is 13.2 Å². The molecule has 2 heterocycles. The van der Waals surface area contributed by atoms with Crippen LogP contribution in [0.25, 0.3) is 17.4 Å². The molecule has 0 N–H and O–H groups in total. The van der Waals surface area contributed by atoms with Crippen molar-refractivity contribution >= 4 is 40.6 Å². The summed E-state index contributed by atoms with van der Waals surface area (Å²) in [6.07, 6.45) is 1.40. The van der Waals surface area contributed by atoms with Crippen molar-refractivity contribution in [3.63, 3.8) is 0 Å². The van der Waals surface area contributed by atoms with E-state index in [4.69, 9.17) is 9.15 Å². The molecule has 0 bridgehead atoms. The van der Waals surface area contributed by atoms with Crippen LogP contribution in [0.1, 0.15) is 25.2 Å². The Morgan fingerprint density at radius 1 is 1.29 bits per heavy atom. The van der Waals surface area contributed by atoms with E-state index in [9.17, 15) is 24.5 Å². The second-order valence-electron chi connectivity index (χ2n) is 7.31. The first-order valence-corrected chi connectivity index (χ1v) is 10.2. The molecule has 31 heavy (non-hydrogen) atoms. The van der Waals surface area contributed by atoms with E-state index in [-0.39, 0.29) is 23.1 Å². The van der Waals surface area contributed by atoms with Crippen LogP contribution in [0.4, 0.5) is 10.5 Å². The van der Waals surface area contributed by atoms with Crippen LogP contribution in [-0.2, 0) is 14.3 Å². The fraction of sp³-hybridized carbons (Fsp3) is 0.286. The van der Waals surface area contributed by atoms with Crippen LogP contribution in [0.2, 0.25) is 0 Å². The van der Waals surface area contributed by atoms with Crippen LogP contribution in [0.3, 0.4) is 0 Å². The number of carbonyl (C=O) groups is 3. The minimum Gasteiger partial charge on any atom is -0.464 e. The van der Waals surface area contributed by atoms with Crippen molar-refractivity contribution in [2.24, 2.45) is 5.92 Å². The van der Waals surface area contributed by atoms with Gasteiger partial charge in [0.15, 0.2) is 0 Å². The van der Waals surface area contributed by atoms with Gasteiger partial charge < -0.3 is 9.15 Å². The molecular formula is C21H20N2O7S. The highest BCUT2D eigenvalue weighted by molar-refractivity contribution is 8.18. The fourth-order valence-corrected chi connectivity index (χ4v) is 3.56. The molecule has 1 saturated heterocycles. The maximum Gasteiger partial charge on any atom is 0.326 e. The van der Waals surface area contributed by atoms with Crippen LogP contribution >= 0.6 is 11.8 Å². The number of aryl methyl sites for hydroxylation is 1. The third kappa shape index (κ3) is 5.21. The largest absolute Gasteiger partial charge is 0.464 e. The zero-order valence-electron chi connectivity index (χ0n) is 17.1. The summed E-state index contributed by atoms with van der Waals surface area (Å²) in [6, 6.07) is 7.94. The van der Waals surface area contributed by atoms with E-state index in [2.05, 4.69) is 0 Å². The number of furan rings is 1. The van der Waals surface area contributed by atoms with Crippen molar-refractivity contribution in [3.8, 4) is 11.3 Å². The van der Waals surface area contributed by atoms with Crippen molar-refractivity contribution in [1.82, 2.24) is 4.90 Å². The number of esters is 1. The first-order valence-electron chi connectivity index (χ1n) is 9.42. The average molecular weight is 444 g/mol. The lowest BCUT2D eigenvalue weighted by Crippen LogP contribution is -2.34. The Balaban J connectivity index is 1.75. The SMILES string of the molecule is Cc1ccc(-c2ccc(/C=C3/SC(=O)N(CC(=O)OCC(C)C)C3=O)o2)cc1[N+](=O)[O-]. The molecule has 1 fully saturated rings. The second-order valence-corrected chi connectivity index (χ2v) is 8.30. The third-order valence-electron chi connectivity index (χ3n) is 4.33. The van der Waals surface area contributed by atoms with Gasteiger partial charge in [0.05, 0.1) is 16.4 Å². The van der Waals surface area contributed by atoms with Gasteiger partial charge in [-0.05, 0) is 36.7 Å². The van der Waals surface area contributed by atoms with Gasteiger partial charge in [0.25, 0.3) is 16.8 Å². The first-order chi connectivity index (χ1) is 14.7. The number of benzene rings is 1. The van der Waals surface area contributed by atoms with Crippen molar-refractivity contribution < 1.29 is 28.5 Å². The van der Waals surface area contributed by atoms with Gasteiger partial charge >= 0.3 is 5.97 Å². The van der Waals surface area contributed by atoms with Crippen molar-refractivity contribution in [2.45, 2.75) is 20.8 Å². The molecule has 0 unspecified atom stereocenters. The smallest absolute Gasteiger partial charge is 0.326 e. The van der Waals surface area contributed by atoms with E-state index in [1.165, 1.54) is 12.1 Å². The maximum absolute atomic E-state index is 12.5. The summed E-state index contributed by atoms with van der Waals surface area (Å²) in [6.45, 7) is 5.15. The molecule has 0 atom stereocenters. The van der Waals surface area contributed by atoms with Crippen LogP contribution in [0.15, 0.2) is 39.7 Å². The Labute approximate surface area is 182 Å². The normalized spacial score (nSPS) is 15.2. The Morgan fingerprint density at radius 3 is 2.71 bits per heavy atom. The number of ether oxygens (including phenoxy) is 1. The summed E-state index contributed by atoms with van der Waals surface area (Å²) >= 11 is 0.698. The summed E-state index contributed by atoms with van der Waals surface area (Å²) in [7, 11) is 0. The minimum absolute atomic E-state index is 0.0269. The molecule has 1 aromatic carbocycles. The Bertz CT molecular complexity index is 1090. The zero-order valence-corrected chi connectivity index (χ0v) is 17.9. The lowest BCUT2D eigenvalue weighted by molar-refractivity contribution is -0.385. The van der Waals surface area contributed by atoms with Crippen LogP contribution in [0.5, 0.6) is 0 Å². The molecule has 1 aromatic heterocycles. The maximum atomic E-state index is 12.5. The number of amides is 2. The molecule has 1 aliphatic rings. The fourth-order valence-electron chi connectivity index (χ4n) is 2.74. The Morgan fingerprint density at radius 2 is 2.03 bits per heavy atom. The number of rotatable bonds is 7. The van der Waals surface area contributed by atoms with E-state index in [0.717, 1.165) is 4.90 Å². The molecule has 0 spiro atoms. The lowest BCUT2D eigenvalue weighted by atomic mass is 10.1. The summed E-state index contributed by atoms with van der Waals surface area (Å²) < 4.78 is 10.7. The highest BCUT2D eigenvalue weighted by Gasteiger charge is 2.37. The minimum atomic E-state index is -0.654. The number of nitrogens with zero attached hydrogens (tertiary/aromatic N) is 2. The predicted molar refractivity (Wildman–Crippen MR) is 114 cm³/mol. The summed E-state index contributed by atoms with van der Waals surface area (Å²) in [5.41, 5.74) is 1.01. The van der Waals surface area contributed by atoms with Gasteiger partial charge in [-0.25, -0.2) is 0 Å². The van der Waals surface area contributed by atoms with Crippen LogP contribution in [0, 0.1) is 23.0 Å². The van der Waals surface area contributed by atoms with Gasteiger partial charge in [0.1, 0.15) is 18.1 Å². The van der Waals surface area contributed by atoms with Gasteiger partial charge in [-0.15, -0.1) is 0 Å². The van der Waals surface area contributed by atoms with E-state index in [1.54, 1.807) is 31.2 Å². The second kappa shape index (κ2) is 9.17. The van der Waals surface area contributed by atoms with Crippen LogP contribution in [-0.4, -0.2) is 40.1 Å². The molecule has 2 amide bonds. The Hall–Kier alpha value is -3.40. The first kappa shape index (κ1) is 22.3. The summed E-state index contributed by atoms with van der Waals surface area (Å²) in [5.74, 6) is -0.447. The highest BCUT2D eigenvalue weighted by atomic mass is 32.2. The number of imide groups is 1. The molecule has 3 rings (SSSR count).